The first-order valence-electron chi connectivity index (χ1n) is 37.0. The molecule has 4 heterocycles. The van der Waals surface area contributed by atoms with Crippen LogP contribution in [-0.2, 0) is 45.1 Å². The number of rotatable bonds is 17. The third-order valence-corrected chi connectivity index (χ3v) is 22.0. The van der Waals surface area contributed by atoms with Crippen LogP contribution < -0.4 is 19.4 Å². The monoisotopic (exact) mass is 1390 g/mol. The van der Waals surface area contributed by atoms with E-state index in [0.717, 1.165) is 242 Å². The number of aliphatic imine (C=N–C) groups is 2. The van der Waals surface area contributed by atoms with E-state index >= 15 is 0 Å². The van der Waals surface area contributed by atoms with E-state index in [1.807, 2.05) is 6.92 Å². The van der Waals surface area contributed by atoms with E-state index < -0.39 is 23.5 Å². The minimum absolute atomic E-state index is 0. The molecule has 0 bridgehead atoms. The van der Waals surface area contributed by atoms with Gasteiger partial charge >= 0.3 is 35.1 Å². The van der Waals surface area contributed by atoms with Gasteiger partial charge in [-0.25, -0.2) is 19.6 Å². The van der Waals surface area contributed by atoms with Gasteiger partial charge in [0.25, 0.3) is 0 Å². The van der Waals surface area contributed by atoms with Gasteiger partial charge in [-0.15, -0.1) is 0 Å². The van der Waals surface area contributed by atoms with E-state index in [0.29, 0.717) is 57.1 Å². The SMILES string of the molecule is CCc1c(C2CCCCC2)[n-]c(/C(Oc2ccc(C(F)(F)F)cc2)=C2\N=C(C3CCCCC3)C(C#N)=C2C(C)C)c1C(C)C.[C-]#[N+]c1c(C2CCCCC2)[n-]c(/C(Oc2ccc(C(F)(F)F)cc2)=C2\N=C(C3CCCCC3)C(C(=O)OCC)=C2C2CCCCC2)c1C1CCCCC1.[Co+2]. The Balaban J connectivity index is 0.000000214. The van der Waals surface area contributed by atoms with E-state index in [1.165, 1.54) is 61.9 Å². The number of esters is 1. The van der Waals surface area contributed by atoms with Crippen molar-refractivity contribution in [3.63, 3.8) is 0 Å². The van der Waals surface area contributed by atoms with Crippen LogP contribution in [-0.4, -0.2) is 24.0 Å². The van der Waals surface area contributed by atoms with E-state index in [2.05, 4.69) is 45.5 Å². The molecule has 0 unspecified atom stereocenters. The molecule has 6 aliphatic carbocycles. The molecule has 0 saturated heterocycles. The molecule has 1 radical (unpaired) electrons. The number of hydrogen-bond acceptors (Lipinski definition) is 7. The number of carbonyl (C=O) groups excluding carboxylic acids is 1. The summed E-state index contributed by atoms with van der Waals surface area (Å²) in [5.41, 5.74) is 11.3. The van der Waals surface area contributed by atoms with Crippen molar-refractivity contribution < 1.29 is 62.1 Å². The summed E-state index contributed by atoms with van der Waals surface area (Å²) in [5.74, 6) is 2.09. The number of carbonyl (C=O) groups is 1. The molecule has 12 rings (SSSR count). The van der Waals surface area contributed by atoms with Crippen LogP contribution in [0, 0.1) is 41.6 Å². The summed E-state index contributed by atoms with van der Waals surface area (Å²) in [6.45, 7) is 21.2. The Bertz CT molecular complexity index is 3710. The molecule has 6 saturated carbocycles. The molecule has 6 fully saturated rings. The average molecular weight is 1390 g/mol. The van der Waals surface area contributed by atoms with E-state index in [1.54, 1.807) is 0 Å². The van der Waals surface area contributed by atoms with Gasteiger partial charge in [-0.1, -0.05) is 178 Å². The van der Waals surface area contributed by atoms with Crippen molar-refractivity contribution in [3.05, 3.63) is 144 Å². The second-order valence-electron chi connectivity index (χ2n) is 29.1. The standard InChI is InChI=1S/C44H54F3N3O3.C37H45F3N3O.Co/c1-3-52-43(51)36-34(28-16-8-4-9-17-28)40(49-37(36)30-20-12-6-13-21-30)42(53-33-26-24-32(25-27-33)44(45,46)47)41-35(29-18-10-5-11-19-29)39(48-2)38(50-41)31-22-14-7-15-23-31;1-6-28-30(22(2)3)34(42-32(28)24-13-9-7-10-14-24)36(44-27-19-17-26(18-20-27)37(38,39)40)35-31(23(4)5)29(21-41)33(43-35)25-15-11-8-12-16-25;/h24-31H,3-23H2,1H3,(H,49,50,51);17-20,22-25H,6-16H2,1-5H3;/q;-1;+2/p-1/b;36-35+;. The molecule has 527 valence electrons. The third kappa shape index (κ3) is 16.4. The second-order valence-corrected chi connectivity index (χ2v) is 29.1. The maximum absolute atomic E-state index is 14.2. The fourth-order valence-electron chi connectivity index (χ4n) is 17.3. The first-order valence-corrected chi connectivity index (χ1v) is 37.0. The molecule has 17 heteroatoms. The van der Waals surface area contributed by atoms with Crippen LogP contribution in [0.25, 0.3) is 16.4 Å². The fourth-order valence-corrected chi connectivity index (χ4v) is 17.3. The predicted molar refractivity (Wildman–Crippen MR) is 370 cm³/mol. The normalized spacial score (nSPS) is 21.1. The molecule has 2 aromatic heterocycles. The van der Waals surface area contributed by atoms with Crippen molar-refractivity contribution in [2.45, 2.75) is 277 Å². The second kappa shape index (κ2) is 33.3. The molecule has 0 N–H and O–H groups in total. The fraction of sp³-hybridized carbons (Fsp3) is 0.593. The van der Waals surface area contributed by atoms with Crippen LogP contribution in [0.15, 0.2) is 92.2 Å². The van der Waals surface area contributed by atoms with Crippen molar-refractivity contribution in [1.82, 2.24) is 9.97 Å². The molecule has 0 amide bonds. The van der Waals surface area contributed by atoms with E-state index in [-0.39, 0.29) is 76.5 Å². The van der Waals surface area contributed by atoms with Gasteiger partial charge in [0.05, 0.1) is 46.9 Å². The number of nitriles is 1. The predicted octanol–water partition coefficient (Wildman–Crippen LogP) is 23.2. The number of aromatic nitrogens is 2. The van der Waals surface area contributed by atoms with Gasteiger partial charge in [-0.3, -0.25) is 0 Å². The molecule has 98 heavy (non-hydrogen) atoms. The first kappa shape index (κ1) is 74.1. The molecular weight excluding hydrogens is 1290 g/mol. The number of alkyl halides is 6. The smallest absolute Gasteiger partial charge is 0.668 e. The number of halogens is 6. The Labute approximate surface area is 587 Å². The zero-order valence-electron chi connectivity index (χ0n) is 58.3. The molecular formula is C81H98CoF6N6O4. The number of allylic oxidation sites excluding steroid dienone is 3. The Morgan fingerprint density at radius 1 is 0.561 bits per heavy atom. The Morgan fingerprint density at radius 3 is 1.39 bits per heavy atom. The third-order valence-electron chi connectivity index (χ3n) is 22.0. The van der Waals surface area contributed by atoms with Gasteiger partial charge in [-0.2, -0.15) is 43.0 Å². The van der Waals surface area contributed by atoms with Crippen LogP contribution in [0.1, 0.15) is 308 Å². The van der Waals surface area contributed by atoms with Gasteiger partial charge in [-0.05, 0) is 174 Å². The minimum atomic E-state index is -4.49. The summed E-state index contributed by atoms with van der Waals surface area (Å²) < 4.78 is 101. The van der Waals surface area contributed by atoms with Crippen molar-refractivity contribution in [2.75, 3.05) is 6.61 Å². The number of benzene rings is 2. The topological polar surface area (TPSA) is 126 Å². The van der Waals surface area contributed by atoms with Crippen molar-refractivity contribution >= 4 is 34.6 Å². The van der Waals surface area contributed by atoms with E-state index in [9.17, 15) is 36.4 Å². The van der Waals surface area contributed by atoms with Gasteiger partial charge in [0.2, 0.25) is 0 Å². The summed E-state index contributed by atoms with van der Waals surface area (Å²) in [4.78, 5) is 39.9. The Morgan fingerprint density at radius 2 is 0.969 bits per heavy atom. The summed E-state index contributed by atoms with van der Waals surface area (Å²) in [5, 5.41) is 10.5. The van der Waals surface area contributed by atoms with Crippen molar-refractivity contribution in [1.29, 1.82) is 5.26 Å². The van der Waals surface area contributed by atoms with Crippen LogP contribution in [0.4, 0.5) is 32.0 Å². The van der Waals surface area contributed by atoms with Crippen LogP contribution in [0.5, 0.6) is 11.5 Å². The van der Waals surface area contributed by atoms with Gasteiger partial charge in [0.1, 0.15) is 40.5 Å². The van der Waals surface area contributed by atoms with Crippen LogP contribution in [0.3, 0.4) is 0 Å². The molecule has 4 aromatic rings. The van der Waals surface area contributed by atoms with Crippen LogP contribution >= 0.6 is 0 Å². The van der Waals surface area contributed by atoms with Gasteiger partial charge in [0, 0.05) is 23.0 Å². The number of nitrogens with zero attached hydrogens (tertiary/aromatic N) is 6. The molecule has 2 aliphatic heterocycles. The Hall–Kier alpha value is -6.56. The summed E-state index contributed by atoms with van der Waals surface area (Å²) in [6.07, 6.45) is 23.6. The van der Waals surface area contributed by atoms with Crippen molar-refractivity contribution in [2.24, 2.45) is 33.7 Å². The summed E-state index contributed by atoms with van der Waals surface area (Å²) in [7, 11) is 0. The first-order chi connectivity index (χ1) is 46.8. The van der Waals surface area contributed by atoms with Gasteiger partial charge < -0.3 is 24.2 Å². The number of ether oxygens (including phenoxy) is 3. The minimum Gasteiger partial charge on any atom is -0.668 e. The molecule has 8 aliphatic rings. The zero-order valence-corrected chi connectivity index (χ0v) is 59.3. The van der Waals surface area contributed by atoms with Crippen LogP contribution in [0.2, 0.25) is 0 Å². The quantitative estimate of drug-likeness (QED) is 0.0446. The van der Waals surface area contributed by atoms with E-state index in [4.69, 9.17) is 40.7 Å². The largest absolute Gasteiger partial charge is 2.00 e. The van der Waals surface area contributed by atoms with Gasteiger partial charge in [0.15, 0.2) is 5.69 Å². The number of hydrogen-bond donors (Lipinski definition) is 0. The average Bonchev–Trinajstić information content (AvgIpc) is 1.58. The zero-order chi connectivity index (χ0) is 68.5. The van der Waals surface area contributed by atoms with Crippen molar-refractivity contribution in [3.8, 4) is 17.6 Å². The Kier molecular flexibility index (Phi) is 25.2. The summed E-state index contributed by atoms with van der Waals surface area (Å²) >= 11 is 0. The maximum atomic E-state index is 14.2. The molecule has 0 spiro atoms. The molecule has 2 aromatic carbocycles. The molecule has 10 nitrogen and oxygen atoms in total. The maximum Gasteiger partial charge on any atom is 2.00 e. The molecule has 0 atom stereocenters. The summed E-state index contributed by atoms with van der Waals surface area (Å²) in [6, 6.07) is 12.2.